The van der Waals surface area contributed by atoms with E-state index < -0.39 is 10.0 Å². The number of hydrogen-bond acceptors (Lipinski definition) is 7. The highest BCUT2D eigenvalue weighted by Crippen LogP contribution is 2.22. The van der Waals surface area contributed by atoms with E-state index in [0.717, 1.165) is 17.1 Å². The molecule has 0 unspecified atom stereocenters. The number of nitrogens with zero attached hydrogens (tertiary/aromatic N) is 4. The van der Waals surface area contributed by atoms with Crippen molar-refractivity contribution in [3.63, 3.8) is 0 Å². The Hall–Kier alpha value is -2.39. The summed E-state index contributed by atoms with van der Waals surface area (Å²) in [7, 11) is -1.51. The van der Waals surface area contributed by atoms with Crippen molar-refractivity contribution in [3.8, 4) is 5.75 Å². The summed E-state index contributed by atoms with van der Waals surface area (Å²) in [6.45, 7) is 5.64. The molecule has 0 bridgehead atoms. The first-order valence-electron chi connectivity index (χ1n) is 8.91. The molecule has 1 saturated heterocycles. The van der Waals surface area contributed by atoms with Crippen molar-refractivity contribution in [3.05, 3.63) is 36.0 Å². The van der Waals surface area contributed by atoms with Crippen molar-refractivity contribution in [1.82, 2.24) is 14.3 Å². The zero-order valence-electron chi connectivity index (χ0n) is 15.8. The van der Waals surface area contributed by atoms with Gasteiger partial charge in [0.15, 0.2) is 0 Å². The van der Waals surface area contributed by atoms with Gasteiger partial charge in [0.05, 0.1) is 12.9 Å². The van der Waals surface area contributed by atoms with E-state index in [9.17, 15) is 8.42 Å². The third kappa shape index (κ3) is 4.67. The Morgan fingerprint density at radius 3 is 2.37 bits per heavy atom. The second-order valence-electron chi connectivity index (χ2n) is 6.33. The molecule has 1 N–H and O–H groups in total. The van der Waals surface area contributed by atoms with Crippen LogP contribution in [0.25, 0.3) is 0 Å². The molecule has 1 fully saturated rings. The van der Waals surface area contributed by atoms with Crippen LogP contribution in [0.1, 0.15) is 12.6 Å². The minimum absolute atomic E-state index is 0.129. The molecule has 1 aliphatic rings. The van der Waals surface area contributed by atoms with E-state index in [1.54, 1.807) is 14.0 Å². The summed E-state index contributed by atoms with van der Waals surface area (Å²) >= 11 is 0. The van der Waals surface area contributed by atoms with Crippen LogP contribution < -0.4 is 15.0 Å². The van der Waals surface area contributed by atoms with Crippen LogP contribution in [-0.2, 0) is 10.0 Å². The number of aryl methyl sites for hydroxylation is 1. The summed E-state index contributed by atoms with van der Waals surface area (Å²) in [5.41, 5.74) is 1.75. The zero-order chi connectivity index (χ0) is 19.4. The molecule has 1 aromatic heterocycles. The molecule has 0 spiro atoms. The fourth-order valence-electron chi connectivity index (χ4n) is 2.93. The highest BCUT2D eigenvalue weighted by molar-refractivity contribution is 7.89. The molecule has 2 heterocycles. The molecule has 0 saturated carbocycles. The lowest BCUT2D eigenvalue weighted by Crippen LogP contribution is -2.49. The van der Waals surface area contributed by atoms with Gasteiger partial charge in [0, 0.05) is 43.6 Å². The van der Waals surface area contributed by atoms with E-state index in [1.165, 1.54) is 4.31 Å². The van der Waals surface area contributed by atoms with Crippen LogP contribution >= 0.6 is 0 Å². The molecular weight excluding hydrogens is 366 g/mol. The minimum atomic E-state index is -3.15. The molecule has 27 heavy (non-hydrogen) atoms. The Bertz CT molecular complexity index is 878. The van der Waals surface area contributed by atoms with Crippen LogP contribution in [0.15, 0.2) is 30.3 Å². The van der Waals surface area contributed by atoms with Gasteiger partial charge in [-0.2, -0.15) is 9.29 Å². The van der Waals surface area contributed by atoms with Gasteiger partial charge in [0.25, 0.3) is 0 Å². The quantitative estimate of drug-likeness (QED) is 0.806. The lowest BCUT2D eigenvalue weighted by molar-refractivity contribution is 0.383. The number of rotatable bonds is 6. The van der Waals surface area contributed by atoms with E-state index in [4.69, 9.17) is 4.74 Å². The van der Waals surface area contributed by atoms with E-state index in [-0.39, 0.29) is 5.75 Å². The van der Waals surface area contributed by atoms with Gasteiger partial charge in [-0.1, -0.05) is 0 Å². The second-order valence-corrected chi connectivity index (χ2v) is 8.59. The number of hydrogen-bond donors (Lipinski definition) is 1. The number of methoxy groups -OCH3 is 1. The normalized spacial score (nSPS) is 15.6. The third-order valence-corrected chi connectivity index (χ3v) is 6.37. The van der Waals surface area contributed by atoms with Crippen LogP contribution in [0, 0.1) is 6.92 Å². The van der Waals surface area contributed by atoms with Crippen LogP contribution in [0.4, 0.5) is 17.5 Å². The number of ether oxygens (including phenoxy) is 1. The molecule has 3 rings (SSSR count). The van der Waals surface area contributed by atoms with Gasteiger partial charge in [0.2, 0.25) is 16.0 Å². The molecule has 146 valence electrons. The molecule has 0 atom stereocenters. The number of benzene rings is 1. The molecule has 8 nitrogen and oxygen atoms in total. The van der Waals surface area contributed by atoms with Gasteiger partial charge in [0.1, 0.15) is 11.6 Å². The van der Waals surface area contributed by atoms with Crippen molar-refractivity contribution >= 4 is 27.5 Å². The van der Waals surface area contributed by atoms with Crippen molar-refractivity contribution in [2.45, 2.75) is 13.8 Å². The standard InChI is InChI=1S/C18H25N5O3S/c1-4-27(24,25)23-11-9-22(10-12-23)18-19-14(2)13-17(21-18)20-15-5-7-16(26-3)8-6-15/h5-8,13H,4,9-12H2,1-3H3,(H,19,20,21). The largest absolute Gasteiger partial charge is 0.497 e. The van der Waals surface area contributed by atoms with Gasteiger partial charge in [-0.3, -0.25) is 0 Å². The summed E-state index contributed by atoms with van der Waals surface area (Å²) in [6.07, 6.45) is 0. The molecule has 0 aliphatic carbocycles. The van der Waals surface area contributed by atoms with Crippen LogP contribution in [-0.4, -0.2) is 61.7 Å². The zero-order valence-corrected chi connectivity index (χ0v) is 16.7. The number of piperazine rings is 1. The highest BCUT2D eigenvalue weighted by atomic mass is 32.2. The maximum atomic E-state index is 12.0. The van der Waals surface area contributed by atoms with Crippen molar-refractivity contribution < 1.29 is 13.2 Å². The molecule has 0 amide bonds. The van der Waals surface area contributed by atoms with Crippen LogP contribution in [0.3, 0.4) is 0 Å². The van der Waals surface area contributed by atoms with Gasteiger partial charge in [-0.05, 0) is 38.1 Å². The predicted molar refractivity (Wildman–Crippen MR) is 106 cm³/mol. The van der Waals surface area contributed by atoms with Crippen molar-refractivity contribution in [2.75, 3.05) is 49.3 Å². The smallest absolute Gasteiger partial charge is 0.227 e. The first-order valence-corrected chi connectivity index (χ1v) is 10.5. The van der Waals surface area contributed by atoms with E-state index in [1.807, 2.05) is 42.2 Å². The van der Waals surface area contributed by atoms with E-state index in [2.05, 4.69) is 15.3 Å². The summed E-state index contributed by atoms with van der Waals surface area (Å²) in [6, 6.07) is 9.48. The summed E-state index contributed by atoms with van der Waals surface area (Å²) in [5.74, 6) is 2.23. The van der Waals surface area contributed by atoms with Gasteiger partial charge in [-0.25, -0.2) is 13.4 Å². The third-order valence-electron chi connectivity index (χ3n) is 4.48. The molecule has 1 aromatic carbocycles. The molecule has 1 aliphatic heterocycles. The number of sulfonamides is 1. The maximum Gasteiger partial charge on any atom is 0.227 e. The van der Waals surface area contributed by atoms with Crippen LogP contribution in [0.2, 0.25) is 0 Å². The lowest BCUT2D eigenvalue weighted by atomic mass is 10.3. The second kappa shape index (κ2) is 8.10. The summed E-state index contributed by atoms with van der Waals surface area (Å²) in [4.78, 5) is 11.1. The molecule has 9 heteroatoms. The Kier molecular flexibility index (Phi) is 5.81. The molecular formula is C18H25N5O3S. The van der Waals surface area contributed by atoms with Crippen molar-refractivity contribution in [1.29, 1.82) is 0 Å². The number of aromatic nitrogens is 2. The Balaban J connectivity index is 1.72. The monoisotopic (exact) mass is 391 g/mol. The first kappa shape index (κ1) is 19.4. The van der Waals surface area contributed by atoms with Gasteiger partial charge < -0.3 is 15.0 Å². The van der Waals surface area contributed by atoms with Crippen molar-refractivity contribution in [2.24, 2.45) is 0 Å². The predicted octanol–water partition coefficient (Wildman–Crippen LogP) is 2.01. The van der Waals surface area contributed by atoms with E-state index >= 15 is 0 Å². The van der Waals surface area contributed by atoms with E-state index in [0.29, 0.717) is 37.9 Å². The minimum Gasteiger partial charge on any atom is -0.497 e. The number of anilines is 3. The highest BCUT2D eigenvalue weighted by Gasteiger charge is 2.26. The Morgan fingerprint density at radius 1 is 1.11 bits per heavy atom. The topological polar surface area (TPSA) is 87.7 Å². The van der Waals surface area contributed by atoms with Crippen LogP contribution in [0.5, 0.6) is 5.75 Å². The first-order chi connectivity index (χ1) is 12.9. The fourth-order valence-corrected chi connectivity index (χ4v) is 4.01. The molecule has 2 aromatic rings. The lowest BCUT2D eigenvalue weighted by Gasteiger charge is -2.34. The van der Waals surface area contributed by atoms with Gasteiger partial charge in [-0.15, -0.1) is 0 Å². The Morgan fingerprint density at radius 2 is 1.78 bits per heavy atom. The Labute approximate surface area is 160 Å². The van der Waals surface area contributed by atoms with Gasteiger partial charge >= 0.3 is 0 Å². The SMILES string of the molecule is CCS(=O)(=O)N1CCN(c2nc(C)cc(Nc3ccc(OC)cc3)n2)CC1. The average molecular weight is 391 g/mol. The maximum absolute atomic E-state index is 12.0. The summed E-state index contributed by atoms with van der Waals surface area (Å²) < 4.78 is 30.7. The molecule has 0 radical (unpaired) electrons. The average Bonchev–Trinajstić information content (AvgIpc) is 2.68. The fraction of sp³-hybridized carbons (Fsp3) is 0.444. The number of nitrogens with one attached hydrogen (secondary N) is 1. The summed E-state index contributed by atoms with van der Waals surface area (Å²) in [5, 5.41) is 3.28.